The van der Waals surface area contributed by atoms with E-state index in [2.05, 4.69) is 10.2 Å². The second-order valence-corrected chi connectivity index (χ2v) is 8.02. The molecule has 3 rings (SSSR count). The Labute approximate surface area is 166 Å². The molecule has 1 aromatic rings. The molecule has 1 heterocycles. The van der Waals surface area contributed by atoms with Gasteiger partial charge in [0, 0.05) is 39.8 Å². The van der Waals surface area contributed by atoms with Gasteiger partial charge in [-0.15, -0.1) is 0 Å². The van der Waals surface area contributed by atoms with E-state index in [1.165, 1.54) is 6.07 Å². The van der Waals surface area contributed by atoms with E-state index in [4.69, 9.17) is 10.00 Å². The molecule has 1 amide bonds. The smallest absolute Gasteiger partial charge is 0.236 e. The van der Waals surface area contributed by atoms with Crippen LogP contribution in [-0.4, -0.2) is 67.7 Å². The maximum Gasteiger partial charge on any atom is 0.236 e. The molecular formula is C21H29FN4O2. The van der Waals surface area contributed by atoms with E-state index in [1.807, 2.05) is 6.07 Å². The molecule has 2 atom stereocenters. The molecule has 1 saturated heterocycles. The summed E-state index contributed by atoms with van der Waals surface area (Å²) in [6.45, 7) is 3.16. The molecule has 2 fully saturated rings. The van der Waals surface area contributed by atoms with Gasteiger partial charge in [0.05, 0.1) is 24.3 Å². The molecule has 1 spiro atoms. The number of halogens is 1. The number of ether oxygens (including phenoxy) is 1. The average Bonchev–Trinajstić information content (AvgIpc) is 2.68. The highest BCUT2D eigenvalue weighted by atomic mass is 19.1. The minimum absolute atomic E-state index is 0.0590. The Morgan fingerprint density at radius 2 is 2.29 bits per heavy atom. The predicted octanol–water partition coefficient (Wildman–Crippen LogP) is 1.89. The second kappa shape index (κ2) is 8.99. The van der Waals surface area contributed by atoms with Crippen LogP contribution >= 0.6 is 0 Å². The van der Waals surface area contributed by atoms with Crippen LogP contribution in [0.25, 0.3) is 0 Å². The van der Waals surface area contributed by atoms with E-state index in [-0.39, 0.29) is 23.1 Å². The van der Waals surface area contributed by atoms with Crippen LogP contribution in [-0.2, 0) is 16.1 Å². The van der Waals surface area contributed by atoms with Crippen LogP contribution in [0.4, 0.5) is 4.39 Å². The van der Waals surface area contributed by atoms with Gasteiger partial charge in [-0.1, -0.05) is 18.9 Å². The molecule has 1 aliphatic heterocycles. The van der Waals surface area contributed by atoms with E-state index < -0.39 is 5.82 Å². The summed E-state index contributed by atoms with van der Waals surface area (Å²) in [5.41, 5.74) is 0.708. The Bertz CT molecular complexity index is 744. The van der Waals surface area contributed by atoms with Crippen molar-refractivity contribution in [2.45, 2.75) is 43.9 Å². The zero-order valence-corrected chi connectivity index (χ0v) is 16.7. The number of carbonyl (C=O) groups is 1. The van der Waals surface area contributed by atoms with Crippen LogP contribution in [0.3, 0.4) is 0 Å². The van der Waals surface area contributed by atoms with Gasteiger partial charge >= 0.3 is 0 Å². The summed E-state index contributed by atoms with van der Waals surface area (Å²) < 4.78 is 19.9. The molecule has 0 bridgehead atoms. The summed E-state index contributed by atoms with van der Waals surface area (Å²) in [5, 5.41) is 12.5. The minimum atomic E-state index is -0.480. The fraction of sp³-hybridized carbons (Fsp3) is 0.619. The number of morpholine rings is 1. The number of rotatable bonds is 5. The number of amides is 1. The van der Waals surface area contributed by atoms with E-state index in [0.717, 1.165) is 44.3 Å². The van der Waals surface area contributed by atoms with Crippen LogP contribution in [0, 0.1) is 17.1 Å². The standard InChI is InChI=1S/C21H29FN4O2/c1-25(2)20(27)13-24-19-5-3-4-8-21(19)15-26(9-10-28-21)14-16-6-7-18(22)17(11-16)12-23/h6-7,11,19,24H,3-5,8-10,13-15H2,1-2H3/t19-,21-/m1/s1. The Balaban J connectivity index is 1.68. The molecule has 1 saturated carbocycles. The van der Waals surface area contributed by atoms with Crippen LogP contribution in [0.15, 0.2) is 18.2 Å². The summed E-state index contributed by atoms with van der Waals surface area (Å²) in [6, 6.07) is 6.78. The van der Waals surface area contributed by atoms with Crippen LogP contribution in [0.1, 0.15) is 36.8 Å². The first-order chi connectivity index (χ1) is 13.4. The number of likely N-dealkylation sites (N-methyl/N-ethyl adjacent to an activating group) is 1. The van der Waals surface area contributed by atoms with Crippen molar-refractivity contribution in [3.05, 3.63) is 35.1 Å². The maximum atomic E-state index is 13.6. The highest BCUT2D eigenvalue weighted by Gasteiger charge is 2.45. The topological polar surface area (TPSA) is 68.6 Å². The van der Waals surface area contributed by atoms with Crippen molar-refractivity contribution < 1.29 is 13.9 Å². The minimum Gasteiger partial charge on any atom is -0.371 e. The van der Waals surface area contributed by atoms with Crippen molar-refractivity contribution in [3.8, 4) is 6.07 Å². The summed E-state index contributed by atoms with van der Waals surface area (Å²) in [5.74, 6) is -0.421. The van der Waals surface area contributed by atoms with Gasteiger partial charge < -0.3 is 15.0 Å². The quantitative estimate of drug-likeness (QED) is 0.834. The van der Waals surface area contributed by atoms with Gasteiger partial charge in [-0.2, -0.15) is 5.26 Å². The van der Waals surface area contributed by atoms with Gasteiger partial charge in [0.25, 0.3) is 0 Å². The van der Waals surface area contributed by atoms with Crippen molar-refractivity contribution in [2.24, 2.45) is 0 Å². The lowest BCUT2D eigenvalue weighted by Gasteiger charge is -2.50. The number of nitrogens with one attached hydrogen (secondary N) is 1. The summed E-state index contributed by atoms with van der Waals surface area (Å²) >= 11 is 0. The first kappa shape index (κ1) is 20.7. The van der Waals surface area contributed by atoms with Gasteiger partial charge in [-0.25, -0.2) is 4.39 Å². The number of hydrogen-bond donors (Lipinski definition) is 1. The normalized spacial score (nSPS) is 25.4. The fourth-order valence-corrected chi connectivity index (χ4v) is 4.26. The maximum absolute atomic E-state index is 13.6. The highest BCUT2D eigenvalue weighted by Crippen LogP contribution is 2.35. The number of nitriles is 1. The third kappa shape index (κ3) is 4.69. The summed E-state index contributed by atoms with van der Waals surface area (Å²) in [4.78, 5) is 15.9. The lowest BCUT2D eigenvalue weighted by atomic mass is 9.78. The number of hydrogen-bond acceptors (Lipinski definition) is 5. The molecular weight excluding hydrogens is 359 g/mol. The predicted molar refractivity (Wildman–Crippen MR) is 104 cm³/mol. The van der Waals surface area contributed by atoms with E-state index in [9.17, 15) is 9.18 Å². The third-order valence-corrected chi connectivity index (χ3v) is 5.82. The van der Waals surface area contributed by atoms with Crippen molar-refractivity contribution in [1.29, 1.82) is 5.26 Å². The molecule has 6 nitrogen and oxygen atoms in total. The monoisotopic (exact) mass is 388 g/mol. The lowest BCUT2D eigenvalue weighted by Crippen LogP contribution is -2.63. The van der Waals surface area contributed by atoms with Gasteiger partial charge in [-0.3, -0.25) is 9.69 Å². The lowest BCUT2D eigenvalue weighted by molar-refractivity contribution is -0.147. The van der Waals surface area contributed by atoms with E-state index in [1.54, 1.807) is 31.1 Å². The van der Waals surface area contributed by atoms with E-state index >= 15 is 0 Å². The van der Waals surface area contributed by atoms with Gasteiger partial charge in [0.2, 0.25) is 5.91 Å². The Morgan fingerprint density at radius 3 is 3.04 bits per heavy atom. The van der Waals surface area contributed by atoms with Crippen molar-refractivity contribution in [1.82, 2.24) is 15.1 Å². The Morgan fingerprint density at radius 1 is 1.46 bits per heavy atom. The number of carbonyl (C=O) groups excluding carboxylic acids is 1. The molecule has 0 unspecified atom stereocenters. The zero-order chi connectivity index (χ0) is 20.1. The first-order valence-corrected chi connectivity index (χ1v) is 9.92. The molecule has 7 heteroatoms. The van der Waals surface area contributed by atoms with Gasteiger partial charge in [0.15, 0.2) is 0 Å². The SMILES string of the molecule is CN(C)C(=O)CN[C@@H]1CCCC[C@@]12CN(Cc1ccc(F)c(C#N)c1)CCO2. The van der Waals surface area contributed by atoms with Crippen molar-refractivity contribution in [3.63, 3.8) is 0 Å². The first-order valence-electron chi connectivity index (χ1n) is 9.92. The highest BCUT2D eigenvalue weighted by molar-refractivity contribution is 5.77. The summed E-state index contributed by atoms with van der Waals surface area (Å²) in [7, 11) is 3.52. The molecule has 1 N–H and O–H groups in total. The van der Waals surface area contributed by atoms with Crippen LogP contribution < -0.4 is 5.32 Å². The third-order valence-electron chi connectivity index (χ3n) is 5.82. The largest absolute Gasteiger partial charge is 0.371 e. The molecule has 1 aromatic carbocycles. The number of benzene rings is 1. The fourth-order valence-electron chi connectivity index (χ4n) is 4.26. The van der Waals surface area contributed by atoms with Crippen molar-refractivity contribution >= 4 is 5.91 Å². The average molecular weight is 388 g/mol. The molecule has 28 heavy (non-hydrogen) atoms. The van der Waals surface area contributed by atoms with Crippen molar-refractivity contribution in [2.75, 3.05) is 40.3 Å². The number of nitrogens with zero attached hydrogens (tertiary/aromatic N) is 3. The van der Waals surface area contributed by atoms with E-state index in [0.29, 0.717) is 19.7 Å². The Hall–Kier alpha value is -2.01. The molecule has 152 valence electrons. The molecule has 1 aliphatic carbocycles. The Kier molecular flexibility index (Phi) is 6.65. The summed E-state index contributed by atoms with van der Waals surface area (Å²) in [6.07, 6.45) is 4.19. The second-order valence-electron chi connectivity index (χ2n) is 8.02. The van der Waals surface area contributed by atoms with Gasteiger partial charge in [0.1, 0.15) is 11.9 Å². The van der Waals surface area contributed by atoms with Crippen LogP contribution in [0.5, 0.6) is 0 Å². The molecule has 0 radical (unpaired) electrons. The molecule has 2 aliphatic rings. The molecule has 0 aromatic heterocycles. The zero-order valence-electron chi connectivity index (χ0n) is 16.7. The van der Waals surface area contributed by atoms with Gasteiger partial charge in [-0.05, 0) is 30.5 Å². The van der Waals surface area contributed by atoms with Crippen LogP contribution in [0.2, 0.25) is 0 Å².